The van der Waals surface area contributed by atoms with E-state index in [4.69, 9.17) is 15.5 Å². The molecule has 2 bridgehead atoms. The molecule has 2 aromatic rings. The first-order valence-corrected chi connectivity index (χ1v) is 17.2. The van der Waals surface area contributed by atoms with Gasteiger partial charge in [-0.2, -0.15) is 21.6 Å². The zero-order chi connectivity index (χ0) is 34.2. The van der Waals surface area contributed by atoms with Crippen LogP contribution in [0.4, 0.5) is 19.0 Å². The van der Waals surface area contributed by atoms with Gasteiger partial charge in [-0.15, -0.1) is 5.10 Å². The van der Waals surface area contributed by atoms with E-state index < -0.39 is 44.2 Å². The molecule has 5 rings (SSSR count). The number of nitrogens with two attached hydrogens (primary N) is 1. The number of alkyl halides is 3. The molecule has 4 heterocycles. The number of pyridine rings is 1. The van der Waals surface area contributed by atoms with Gasteiger partial charge in [0.15, 0.2) is 5.82 Å². The number of hydrogen-bond acceptors (Lipinski definition) is 10. The molecule has 3 aliphatic rings. The number of allylic oxidation sites excluding steroid dienone is 2. The van der Waals surface area contributed by atoms with Crippen molar-refractivity contribution in [3.63, 3.8) is 0 Å². The minimum absolute atomic E-state index is 0.0144. The van der Waals surface area contributed by atoms with Crippen LogP contribution < -0.4 is 25.4 Å². The number of fused-ring (bicyclic) bond motifs is 4. The van der Waals surface area contributed by atoms with Crippen LogP contribution >= 0.6 is 0 Å². The fraction of sp³-hybridized carbons (Fsp3) is 0.581. The zero-order valence-corrected chi connectivity index (χ0v) is 27.4. The highest BCUT2D eigenvalue weighted by Gasteiger charge is 2.66. The highest BCUT2D eigenvalue weighted by Crippen LogP contribution is 2.60. The number of anilines is 1. The normalized spacial score (nSPS) is 26.7. The van der Waals surface area contributed by atoms with Gasteiger partial charge in [0, 0.05) is 36.8 Å². The molecule has 0 aromatic carbocycles. The maximum absolute atomic E-state index is 13.5. The summed E-state index contributed by atoms with van der Waals surface area (Å²) >= 11 is 0. The number of sulfonamides is 1. The molecule has 1 amide bonds. The number of halogens is 3. The Labute approximate surface area is 272 Å². The second kappa shape index (κ2) is 13.1. The molecule has 2 fully saturated rings. The molecule has 0 radical (unpaired) electrons. The number of aromatic nitrogens is 3. The molecule has 2 aliphatic heterocycles. The van der Waals surface area contributed by atoms with E-state index in [0.717, 1.165) is 25.8 Å². The summed E-state index contributed by atoms with van der Waals surface area (Å²) in [6, 6.07) is 4.47. The molecule has 16 heteroatoms. The standard InChI is InChI=1S/C31H42F3N7O5S/c1-20-6-4-8-24(35)47(44,45)39-28(43)22-9-10-25(37-27(22)40-19-21(7-5-15-36-20)18-29(40,2)3)41-16-11-26(38-41)46-17-12-23(42)30(13-14-30)31(32,33)34/h4,6,8-11,16,20-21,23,36,42H,5,7,12-15,17-19,35H2,1-3H3,(H,39,43)/b6-4-,24-8+/t20?,21-,23?/m0/s1. The van der Waals surface area contributed by atoms with Gasteiger partial charge < -0.3 is 25.8 Å². The molecule has 258 valence electrons. The highest BCUT2D eigenvalue weighted by atomic mass is 32.2. The Morgan fingerprint density at radius 2 is 1.98 bits per heavy atom. The van der Waals surface area contributed by atoms with Crippen LogP contribution in [-0.2, 0) is 10.0 Å². The summed E-state index contributed by atoms with van der Waals surface area (Å²) < 4.78 is 74.9. The largest absolute Gasteiger partial charge is 0.476 e. The van der Waals surface area contributed by atoms with E-state index in [9.17, 15) is 31.5 Å². The summed E-state index contributed by atoms with van der Waals surface area (Å²) in [6.07, 6.45) is 2.31. The lowest BCUT2D eigenvalue weighted by molar-refractivity contribution is -0.215. The van der Waals surface area contributed by atoms with Gasteiger partial charge in [-0.05, 0) is 83.5 Å². The Balaban J connectivity index is 1.41. The number of aliphatic hydroxyl groups excluding tert-OH is 1. The van der Waals surface area contributed by atoms with Crippen molar-refractivity contribution in [3.8, 4) is 11.7 Å². The van der Waals surface area contributed by atoms with E-state index in [-0.39, 0.29) is 49.2 Å². The lowest BCUT2D eigenvalue weighted by Crippen LogP contribution is -2.41. The summed E-state index contributed by atoms with van der Waals surface area (Å²) in [7, 11) is -4.37. The number of ether oxygens (including phenoxy) is 1. The minimum atomic E-state index is -4.47. The topological polar surface area (TPSA) is 165 Å². The monoisotopic (exact) mass is 681 g/mol. The first kappa shape index (κ1) is 34.7. The van der Waals surface area contributed by atoms with Gasteiger partial charge >= 0.3 is 6.18 Å². The van der Waals surface area contributed by atoms with Crippen molar-refractivity contribution in [1.29, 1.82) is 0 Å². The van der Waals surface area contributed by atoms with Gasteiger partial charge in [0.2, 0.25) is 5.88 Å². The fourth-order valence-corrected chi connectivity index (χ4v) is 7.07. The molecule has 1 saturated heterocycles. The third-order valence-electron chi connectivity index (χ3n) is 9.21. The van der Waals surface area contributed by atoms with E-state index >= 15 is 0 Å². The van der Waals surface area contributed by atoms with Crippen LogP contribution in [0, 0.1) is 11.3 Å². The van der Waals surface area contributed by atoms with Crippen LogP contribution in [0.25, 0.3) is 5.82 Å². The van der Waals surface area contributed by atoms with Gasteiger partial charge in [-0.3, -0.25) is 4.79 Å². The summed E-state index contributed by atoms with van der Waals surface area (Å²) in [5.41, 5.74) is 3.39. The maximum Gasteiger partial charge on any atom is 0.396 e. The van der Waals surface area contributed by atoms with Gasteiger partial charge in [0.1, 0.15) is 10.8 Å². The van der Waals surface area contributed by atoms with Crippen LogP contribution in [0.3, 0.4) is 0 Å². The lowest BCUT2D eigenvalue weighted by atomic mass is 9.93. The molecule has 0 spiro atoms. The van der Waals surface area contributed by atoms with E-state index in [1.54, 1.807) is 12.3 Å². The minimum Gasteiger partial charge on any atom is -0.476 e. The molecule has 2 unspecified atom stereocenters. The van der Waals surface area contributed by atoms with Gasteiger partial charge in [0.25, 0.3) is 15.9 Å². The number of nitrogens with zero attached hydrogens (tertiary/aromatic N) is 4. The van der Waals surface area contributed by atoms with E-state index in [1.165, 1.54) is 35.0 Å². The Bertz CT molecular complexity index is 1640. The van der Waals surface area contributed by atoms with Gasteiger partial charge in [-0.25, -0.2) is 14.4 Å². The van der Waals surface area contributed by atoms with Crippen molar-refractivity contribution in [3.05, 3.63) is 53.2 Å². The van der Waals surface area contributed by atoms with Gasteiger partial charge in [0.05, 0.1) is 23.7 Å². The van der Waals surface area contributed by atoms with E-state index in [2.05, 4.69) is 15.1 Å². The van der Waals surface area contributed by atoms with E-state index in [0.29, 0.717) is 18.3 Å². The molecule has 47 heavy (non-hydrogen) atoms. The molecule has 2 aromatic heterocycles. The number of rotatable bonds is 6. The average Bonchev–Trinajstić information content (AvgIpc) is 3.60. The fourth-order valence-electron chi connectivity index (χ4n) is 6.34. The maximum atomic E-state index is 13.5. The van der Waals surface area contributed by atoms with Crippen molar-refractivity contribution in [2.45, 2.75) is 83.2 Å². The van der Waals surface area contributed by atoms with Crippen LogP contribution in [0.2, 0.25) is 0 Å². The van der Waals surface area contributed by atoms with E-state index in [1.807, 2.05) is 25.7 Å². The van der Waals surface area contributed by atoms with Crippen molar-refractivity contribution in [2.24, 2.45) is 17.1 Å². The summed E-state index contributed by atoms with van der Waals surface area (Å²) in [6.45, 7) is 7.22. The van der Waals surface area contributed by atoms with Crippen molar-refractivity contribution in [1.82, 2.24) is 24.8 Å². The predicted octanol–water partition coefficient (Wildman–Crippen LogP) is 3.53. The molecule has 1 saturated carbocycles. The smallest absolute Gasteiger partial charge is 0.396 e. The lowest BCUT2D eigenvalue weighted by Gasteiger charge is -2.34. The molecule has 12 nitrogen and oxygen atoms in total. The Morgan fingerprint density at radius 1 is 1.23 bits per heavy atom. The number of carbonyl (C=O) groups excluding carboxylic acids is 1. The number of nitrogens with one attached hydrogen (secondary N) is 2. The quantitative estimate of drug-likeness (QED) is 0.355. The van der Waals surface area contributed by atoms with Crippen molar-refractivity contribution < 1.29 is 36.2 Å². The Kier molecular flexibility index (Phi) is 9.68. The molecule has 5 N–H and O–H groups in total. The molecular formula is C31H42F3N7O5S. The summed E-state index contributed by atoms with van der Waals surface area (Å²) in [5, 5.41) is 17.4. The second-order valence-corrected chi connectivity index (χ2v) is 14.9. The third kappa shape index (κ3) is 7.59. The molecule has 3 atom stereocenters. The highest BCUT2D eigenvalue weighted by molar-refractivity contribution is 7.93. The zero-order valence-electron chi connectivity index (χ0n) is 26.6. The van der Waals surface area contributed by atoms with Crippen LogP contribution in [-0.4, -0.2) is 77.8 Å². The molecule has 1 aliphatic carbocycles. The average molecular weight is 682 g/mol. The Morgan fingerprint density at radius 3 is 2.68 bits per heavy atom. The summed E-state index contributed by atoms with van der Waals surface area (Å²) in [5.74, 6) is 0.0834. The SMILES string of the molecule is CC1/C=C\C=C(/N)S(=O)(=O)NC(=O)c2ccc(-n3ccc(OCCC(O)C4(C(F)(F)F)CC4)n3)nc2N2C[C@@H](CCCN1)CC2(C)C. The van der Waals surface area contributed by atoms with Gasteiger partial charge in [-0.1, -0.05) is 12.2 Å². The number of aliphatic hydroxyl groups is 1. The second-order valence-electron chi connectivity index (χ2n) is 13.2. The summed E-state index contributed by atoms with van der Waals surface area (Å²) in [4.78, 5) is 20.3. The molecular weight excluding hydrogens is 639 g/mol. The van der Waals surface area contributed by atoms with Crippen molar-refractivity contribution >= 4 is 21.7 Å². The first-order chi connectivity index (χ1) is 22.0. The Hall–Kier alpha value is -3.63. The van der Waals surface area contributed by atoms with Crippen molar-refractivity contribution in [2.75, 3.05) is 24.6 Å². The number of carbonyl (C=O) groups is 1. The number of amides is 1. The van der Waals surface area contributed by atoms with Crippen LogP contribution in [0.15, 0.2) is 47.7 Å². The van der Waals surface area contributed by atoms with Crippen LogP contribution in [0.5, 0.6) is 5.88 Å². The third-order valence-corrected chi connectivity index (χ3v) is 10.4. The first-order valence-electron chi connectivity index (χ1n) is 15.7. The number of hydrogen-bond donors (Lipinski definition) is 4. The van der Waals surface area contributed by atoms with Crippen LogP contribution in [0.1, 0.15) is 69.7 Å². The predicted molar refractivity (Wildman–Crippen MR) is 169 cm³/mol.